The average Bonchev–Trinajstić information content (AvgIpc) is 2.77. The molecule has 1 unspecified atom stereocenters. The number of pyridine rings is 1. The Kier molecular flexibility index (Phi) is 5.73. The Morgan fingerprint density at radius 2 is 1.91 bits per heavy atom. The molecule has 0 spiro atoms. The van der Waals surface area contributed by atoms with Crippen molar-refractivity contribution in [2.24, 2.45) is 5.41 Å². The van der Waals surface area contributed by atoms with Gasteiger partial charge < -0.3 is 15.7 Å². The number of carbonyl (C=O) groups excluding carboxylic acids is 1. The predicted molar refractivity (Wildman–Crippen MR) is 111 cm³/mol. The van der Waals surface area contributed by atoms with Gasteiger partial charge >= 0.3 is 6.18 Å². The number of dihydropyridines is 1. The summed E-state index contributed by atoms with van der Waals surface area (Å²) < 4.78 is 71.2. The first-order valence-corrected chi connectivity index (χ1v) is 10.1. The number of nitrogens with one attached hydrogen (secondary N) is 2. The van der Waals surface area contributed by atoms with E-state index in [1.165, 1.54) is 24.5 Å². The number of hydrogen-bond donors (Lipinski definition) is 3. The van der Waals surface area contributed by atoms with Gasteiger partial charge in [0.05, 0.1) is 12.0 Å². The molecule has 1 atom stereocenters. The number of nitrogens with zero attached hydrogens (tertiary/aromatic N) is 1. The Labute approximate surface area is 186 Å². The molecule has 1 aliphatic heterocycles. The molecule has 0 saturated heterocycles. The van der Waals surface area contributed by atoms with Crippen molar-refractivity contribution in [2.75, 3.05) is 11.9 Å². The number of hydrogen-bond acceptors (Lipinski definition) is 4. The second-order valence-corrected chi connectivity index (χ2v) is 8.13. The Bertz CT molecular complexity index is 1090. The van der Waals surface area contributed by atoms with Crippen molar-refractivity contribution in [3.63, 3.8) is 0 Å². The zero-order valence-electron chi connectivity index (χ0n) is 17.2. The highest BCUT2D eigenvalue weighted by atomic mass is 19.4. The number of anilines is 1. The largest absolute Gasteiger partial charge is 0.416 e. The third-order valence-corrected chi connectivity index (χ3v) is 6.20. The standard InChI is InChI=1S/C23H20F5N3O2/c24-16-3-5-18(6-4-16)31-20(33)21(9-17(25)10-21)22(23(26,27)28)8-15(13-32)19(12-30-22)14-2-1-7-29-11-14/h1-8,11-12,17,30,32H,9-10,13H2,(H,31,33). The van der Waals surface area contributed by atoms with Crippen LogP contribution in [0.5, 0.6) is 0 Å². The number of aliphatic hydroxyl groups is 1. The highest BCUT2D eigenvalue weighted by Gasteiger charge is 2.73. The van der Waals surface area contributed by atoms with Crippen LogP contribution in [0, 0.1) is 11.2 Å². The van der Waals surface area contributed by atoms with E-state index in [-0.39, 0.29) is 16.8 Å². The van der Waals surface area contributed by atoms with Gasteiger partial charge in [-0.05, 0) is 54.8 Å². The van der Waals surface area contributed by atoms with Crippen LogP contribution in [0.4, 0.5) is 27.6 Å². The van der Waals surface area contributed by atoms with Gasteiger partial charge in [-0.2, -0.15) is 13.2 Å². The van der Waals surface area contributed by atoms with Gasteiger partial charge in [0.1, 0.15) is 12.0 Å². The third-order valence-electron chi connectivity index (χ3n) is 6.20. The van der Waals surface area contributed by atoms with E-state index in [4.69, 9.17) is 0 Å². The summed E-state index contributed by atoms with van der Waals surface area (Å²) in [6.07, 6.45) is -3.23. The lowest BCUT2D eigenvalue weighted by Crippen LogP contribution is -2.73. The lowest BCUT2D eigenvalue weighted by Gasteiger charge is -2.55. The molecule has 5 nitrogen and oxygen atoms in total. The minimum absolute atomic E-state index is 0.0738. The van der Waals surface area contributed by atoms with E-state index >= 15 is 0 Å². The number of amides is 1. The maximum absolute atomic E-state index is 14.6. The normalized spacial score (nSPS) is 27.0. The summed E-state index contributed by atoms with van der Waals surface area (Å²) in [5.41, 5.74) is -4.48. The fraction of sp³-hybridized carbons (Fsp3) is 0.304. The first-order valence-electron chi connectivity index (χ1n) is 10.1. The molecular weight excluding hydrogens is 445 g/mol. The maximum atomic E-state index is 14.6. The number of aromatic nitrogens is 1. The van der Waals surface area contributed by atoms with Crippen molar-refractivity contribution in [1.29, 1.82) is 0 Å². The number of rotatable bonds is 5. The number of benzene rings is 1. The molecule has 2 aromatic rings. The van der Waals surface area contributed by atoms with E-state index in [1.807, 2.05) is 0 Å². The molecule has 1 amide bonds. The smallest absolute Gasteiger partial charge is 0.392 e. The minimum atomic E-state index is -5.02. The molecule has 1 aromatic carbocycles. The molecule has 2 heterocycles. The van der Waals surface area contributed by atoms with Crippen molar-refractivity contribution in [1.82, 2.24) is 10.3 Å². The fourth-order valence-electron chi connectivity index (χ4n) is 4.46. The van der Waals surface area contributed by atoms with Crippen molar-refractivity contribution in [3.8, 4) is 0 Å². The van der Waals surface area contributed by atoms with Crippen molar-refractivity contribution in [3.05, 3.63) is 78.0 Å². The second-order valence-electron chi connectivity index (χ2n) is 8.13. The summed E-state index contributed by atoms with van der Waals surface area (Å²) in [5, 5.41) is 14.6. The molecular formula is C23H20F5N3O2. The molecule has 0 bridgehead atoms. The van der Waals surface area contributed by atoms with Crippen LogP contribution in [0.1, 0.15) is 18.4 Å². The monoisotopic (exact) mass is 465 g/mol. The number of carbonyl (C=O) groups is 1. The van der Waals surface area contributed by atoms with E-state index in [1.54, 1.807) is 12.1 Å². The highest BCUT2D eigenvalue weighted by molar-refractivity contribution is 5.98. The van der Waals surface area contributed by atoms with E-state index in [9.17, 15) is 31.9 Å². The Morgan fingerprint density at radius 3 is 2.45 bits per heavy atom. The molecule has 1 aliphatic carbocycles. The van der Waals surface area contributed by atoms with Gasteiger partial charge in [-0.1, -0.05) is 6.07 Å². The van der Waals surface area contributed by atoms with Crippen LogP contribution < -0.4 is 10.6 Å². The van der Waals surface area contributed by atoms with Crippen molar-refractivity contribution in [2.45, 2.75) is 30.7 Å². The predicted octanol–water partition coefficient (Wildman–Crippen LogP) is 4.14. The molecule has 1 saturated carbocycles. The molecule has 33 heavy (non-hydrogen) atoms. The van der Waals surface area contributed by atoms with Crippen LogP contribution in [-0.4, -0.2) is 40.5 Å². The Hall–Kier alpha value is -3.27. The fourth-order valence-corrected chi connectivity index (χ4v) is 4.46. The first-order chi connectivity index (χ1) is 15.6. The molecule has 3 N–H and O–H groups in total. The van der Waals surface area contributed by atoms with Gasteiger partial charge in [-0.3, -0.25) is 9.78 Å². The van der Waals surface area contributed by atoms with E-state index < -0.39 is 54.5 Å². The summed E-state index contributed by atoms with van der Waals surface area (Å²) in [6, 6.07) is 7.71. The van der Waals surface area contributed by atoms with E-state index in [2.05, 4.69) is 15.6 Å². The highest BCUT2D eigenvalue weighted by Crippen LogP contribution is 2.59. The molecule has 1 fully saturated rings. The summed E-state index contributed by atoms with van der Waals surface area (Å²) in [5.74, 6) is -1.64. The van der Waals surface area contributed by atoms with E-state index in [0.717, 1.165) is 24.4 Å². The van der Waals surface area contributed by atoms with Crippen LogP contribution in [0.15, 0.2) is 66.6 Å². The van der Waals surface area contributed by atoms with Crippen molar-refractivity contribution >= 4 is 17.2 Å². The second kappa shape index (κ2) is 8.26. The summed E-state index contributed by atoms with van der Waals surface area (Å²) >= 11 is 0. The number of aliphatic hydroxyl groups excluding tert-OH is 1. The number of halogens is 5. The zero-order valence-corrected chi connectivity index (χ0v) is 17.2. The van der Waals surface area contributed by atoms with Crippen LogP contribution in [0.2, 0.25) is 0 Å². The Balaban J connectivity index is 1.78. The SMILES string of the molecule is O=C(Nc1ccc(F)cc1)C1(C2(C(F)(F)F)C=C(CO)C(c3cccnc3)=CN2)CC(F)C1. The summed E-state index contributed by atoms with van der Waals surface area (Å²) in [7, 11) is 0. The molecule has 174 valence electrons. The van der Waals surface area contributed by atoms with Gasteiger partial charge in [0.2, 0.25) is 5.91 Å². The number of alkyl halides is 4. The summed E-state index contributed by atoms with van der Waals surface area (Å²) in [6.45, 7) is -0.741. The van der Waals surface area contributed by atoms with Crippen LogP contribution in [-0.2, 0) is 4.79 Å². The van der Waals surface area contributed by atoms with Gasteiger partial charge in [-0.15, -0.1) is 0 Å². The van der Waals surface area contributed by atoms with Crippen LogP contribution in [0.25, 0.3) is 5.57 Å². The average molecular weight is 465 g/mol. The molecule has 0 radical (unpaired) electrons. The lowest BCUT2D eigenvalue weighted by molar-refractivity contribution is -0.230. The van der Waals surface area contributed by atoms with Crippen LogP contribution >= 0.6 is 0 Å². The first kappa shape index (κ1) is 22.9. The van der Waals surface area contributed by atoms with Gasteiger partial charge in [0, 0.05) is 35.4 Å². The van der Waals surface area contributed by atoms with Crippen molar-refractivity contribution < 1.29 is 31.9 Å². The maximum Gasteiger partial charge on any atom is 0.416 e. The Morgan fingerprint density at radius 1 is 1.21 bits per heavy atom. The quantitative estimate of drug-likeness (QED) is 0.581. The third kappa shape index (κ3) is 3.78. The van der Waals surface area contributed by atoms with Gasteiger partial charge in [-0.25, -0.2) is 8.78 Å². The zero-order chi connectivity index (χ0) is 23.9. The molecule has 1 aromatic heterocycles. The molecule has 2 aliphatic rings. The van der Waals surface area contributed by atoms with Gasteiger partial charge in [0.25, 0.3) is 0 Å². The topological polar surface area (TPSA) is 74.2 Å². The van der Waals surface area contributed by atoms with Crippen LogP contribution in [0.3, 0.4) is 0 Å². The minimum Gasteiger partial charge on any atom is -0.392 e. The van der Waals surface area contributed by atoms with Gasteiger partial charge in [0.15, 0.2) is 5.54 Å². The van der Waals surface area contributed by atoms with E-state index in [0.29, 0.717) is 5.56 Å². The summed E-state index contributed by atoms with van der Waals surface area (Å²) in [4.78, 5) is 17.2. The molecule has 4 rings (SSSR count). The molecule has 10 heteroatoms. The lowest BCUT2D eigenvalue weighted by atomic mass is 9.54.